The van der Waals surface area contributed by atoms with Crippen LogP contribution >= 0.6 is 0 Å². The first-order chi connectivity index (χ1) is 13.7. The van der Waals surface area contributed by atoms with Crippen LogP contribution in [0.3, 0.4) is 0 Å². The first kappa shape index (κ1) is 19.8. The number of amides is 1. The van der Waals surface area contributed by atoms with Crippen LogP contribution in [0.1, 0.15) is 5.56 Å². The number of methoxy groups -OCH3 is 1. The maximum absolute atomic E-state index is 10.6. The number of nitrogens with two attached hydrogens (primary N) is 1. The van der Waals surface area contributed by atoms with Crippen LogP contribution in [-0.4, -0.2) is 57.4 Å². The van der Waals surface area contributed by atoms with Gasteiger partial charge in [-0.3, -0.25) is 4.90 Å². The van der Waals surface area contributed by atoms with Crippen molar-refractivity contribution in [1.29, 1.82) is 0 Å². The smallest absolute Gasteiger partial charge is 0.404 e. The lowest BCUT2D eigenvalue weighted by molar-refractivity contribution is 0.150. The lowest BCUT2D eigenvalue weighted by Crippen LogP contribution is -2.47. The molecule has 1 amide bonds. The maximum atomic E-state index is 10.6. The van der Waals surface area contributed by atoms with Crippen LogP contribution < -0.4 is 20.1 Å². The van der Waals surface area contributed by atoms with E-state index in [9.17, 15) is 4.79 Å². The van der Waals surface area contributed by atoms with Crippen LogP contribution in [-0.2, 0) is 11.3 Å². The first-order valence-corrected chi connectivity index (χ1v) is 9.40. The quantitative estimate of drug-likeness (QED) is 0.752. The van der Waals surface area contributed by atoms with Crippen LogP contribution in [0.2, 0.25) is 0 Å². The van der Waals surface area contributed by atoms with Crippen molar-refractivity contribution in [3.8, 4) is 11.5 Å². The highest BCUT2D eigenvalue weighted by Crippen LogP contribution is 2.28. The summed E-state index contributed by atoms with van der Waals surface area (Å²) >= 11 is 0. The van der Waals surface area contributed by atoms with Gasteiger partial charge < -0.3 is 24.8 Å². The Morgan fingerprint density at radius 3 is 2.43 bits per heavy atom. The molecular formula is C21H27N3O4. The number of piperazine rings is 1. The number of carbonyl (C=O) groups is 1. The first-order valence-electron chi connectivity index (χ1n) is 9.40. The van der Waals surface area contributed by atoms with Gasteiger partial charge in [-0.25, -0.2) is 4.79 Å². The van der Waals surface area contributed by atoms with Crippen molar-refractivity contribution >= 4 is 11.8 Å². The molecule has 1 aliphatic rings. The fraction of sp³-hybridized carbons (Fsp3) is 0.381. The predicted molar refractivity (Wildman–Crippen MR) is 108 cm³/mol. The van der Waals surface area contributed by atoms with Crippen LogP contribution in [0, 0.1) is 0 Å². The van der Waals surface area contributed by atoms with Gasteiger partial charge in [0.15, 0.2) is 0 Å². The van der Waals surface area contributed by atoms with Crippen molar-refractivity contribution in [3.63, 3.8) is 0 Å². The zero-order chi connectivity index (χ0) is 19.8. The molecule has 0 aliphatic carbocycles. The van der Waals surface area contributed by atoms with E-state index in [2.05, 4.69) is 15.9 Å². The van der Waals surface area contributed by atoms with E-state index < -0.39 is 6.09 Å². The summed E-state index contributed by atoms with van der Waals surface area (Å²) in [6.07, 6.45) is -0.772. The second-order valence-electron chi connectivity index (χ2n) is 6.60. The maximum Gasteiger partial charge on any atom is 0.404 e. The highest BCUT2D eigenvalue weighted by Gasteiger charge is 2.19. The number of ether oxygens (including phenoxy) is 3. The van der Waals surface area contributed by atoms with E-state index in [1.807, 2.05) is 42.5 Å². The highest BCUT2D eigenvalue weighted by atomic mass is 16.5. The van der Waals surface area contributed by atoms with Crippen molar-refractivity contribution in [2.45, 2.75) is 6.61 Å². The van der Waals surface area contributed by atoms with Gasteiger partial charge >= 0.3 is 6.09 Å². The zero-order valence-corrected chi connectivity index (χ0v) is 16.2. The van der Waals surface area contributed by atoms with E-state index in [0.29, 0.717) is 6.61 Å². The third kappa shape index (κ3) is 5.53. The molecule has 0 unspecified atom stereocenters. The van der Waals surface area contributed by atoms with E-state index in [4.69, 9.17) is 19.9 Å². The molecule has 3 rings (SSSR count). The van der Waals surface area contributed by atoms with Gasteiger partial charge in [-0.2, -0.15) is 0 Å². The van der Waals surface area contributed by atoms with Crippen LogP contribution in [0.5, 0.6) is 11.5 Å². The summed E-state index contributed by atoms with van der Waals surface area (Å²) in [5.74, 6) is 1.72. The Morgan fingerprint density at radius 1 is 1.04 bits per heavy atom. The Labute approximate surface area is 165 Å². The molecule has 7 nitrogen and oxygen atoms in total. The fourth-order valence-electron chi connectivity index (χ4n) is 3.23. The number of hydrogen-bond acceptors (Lipinski definition) is 6. The van der Waals surface area contributed by atoms with Crippen molar-refractivity contribution in [2.24, 2.45) is 5.73 Å². The molecule has 2 N–H and O–H groups in total. The van der Waals surface area contributed by atoms with Crippen LogP contribution in [0.25, 0.3) is 0 Å². The van der Waals surface area contributed by atoms with Crippen molar-refractivity contribution in [1.82, 2.24) is 4.90 Å². The summed E-state index contributed by atoms with van der Waals surface area (Å²) in [5, 5.41) is 0. The molecule has 0 saturated carbocycles. The zero-order valence-electron chi connectivity index (χ0n) is 16.2. The highest BCUT2D eigenvalue weighted by molar-refractivity contribution is 5.64. The SMILES string of the molecule is COc1ccccc1N1CCN(CCOc2ccc(COC(N)=O)cc2)CC1. The average Bonchev–Trinajstić information content (AvgIpc) is 2.73. The van der Waals surface area contributed by atoms with E-state index in [-0.39, 0.29) is 6.61 Å². The Balaban J connectivity index is 1.39. The molecule has 2 aromatic rings. The van der Waals surface area contributed by atoms with Gasteiger partial charge in [-0.15, -0.1) is 0 Å². The molecule has 0 spiro atoms. The number of anilines is 1. The lowest BCUT2D eigenvalue weighted by Gasteiger charge is -2.36. The second-order valence-corrected chi connectivity index (χ2v) is 6.60. The van der Waals surface area contributed by atoms with Gasteiger partial charge in [0.2, 0.25) is 0 Å². The molecule has 1 fully saturated rings. The number of benzene rings is 2. The van der Waals surface area contributed by atoms with Gasteiger partial charge in [0.1, 0.15) is 24.7 Å². The van der Waals surface area contributed by atoms with E-state index in [0.717, 1.165) is 55.5 Å². The predicted octanol–water partition coefficient (Wildman–Crippen LogP) is 2.49. The molecule has 1 saturated heterocycles. The van der Waals surface area contributed by atoms with Gasteiger partial charge in [-0.1, -0.05) is 24.3 Å². The lowest BCUT2D eigenvalue weighted by atomic mass is 10.2. The normalized spacial score (nSPS) is 14.5. The number of rotatable bonds is 8. The third-order valence-corrected chi connectivity index (χ3v) is 4.78. The number of carbonyl (C=O) groups excluding carboxylic acids is 1. The number of nitrogens with zero attached hydrogens (tertiary/aromatic N) is 2. The standard InChI is InChI=1S/C21H27N3O4/c1-26-20-5-3-2-4-19(20)24-12-10-23(11-13-24)14-15-27-18-8-6-17(7-9-18)16-28-21(22)25/h2-9H,10-16H2,1H3,(H2,22,25). The summed E-state index contributed by atoms with van der Waals surface area (Å²) in [4.78, 5) is 15.4. The van der Waals surface area contributed by atoms with E-state index in [1.165, 1.54) is 0 Å². The van der Waals surface area contributed by atoms with Gasteiger partial charge in [0.25, 0.3) is 0 Å². The summed E-state index contributed by atoms with van der Waals surface area (Å²) in [5.41, 5.74) is 6.99. The number of primary amides is 1. The molecule has 0 aromatic heterocycles. The van der Waals surface area contributed by atoms with Crippen LogP contribution in [0.15, 0.2) is 48.5 Å². The fourth-order valence-corrected chi connectivity index (χ4v) is 3.23. The topological polar surface area (TPSA) is 77.3 Å². The summed E-state index contributed by atoms with van der Waals surface area (Å²) < 4.78 is 16.1. The summed E-state index contributed by atoms with van der Waals surface area (Å²) in [7, 11) is 1.71. The molecule has 0 bridgehead atoms. The van der Waals surface area contributed by atoms with E-state index >= 15 is 0 Å². The second kappa shape index (κ2) is 9.85. The van der Waals surface area contributed by atoms with E-state index in [1.54, 1.807) is 7.11 Å². The Kier molecular flexibility index (Phi) is 6.97. The molecule has 28 heavy (non-hydrogen) atoms. The minimum absolute atomic E-state index is 0.173. The monoisotopic (exact) mass is 385 g/mol. The molecule has 150 valence electrons. The van der Waals surface area contributed by atoms with Crippen molar-refractivity contribution in [3.05, 3.63) is 54.1 Å². The molecular weight excluding hydrogens is 358 g/mol. The molecule has 1 aliphatic heterocycles. The molecule has 1 heterocycles. The Hall–Kier alpha value is -2.93. The van der Waals surface area contributed by atoms with Gasteiger partial charge in [-0.05, 0) is 29.8 Å². The molecule has 7 heteroatoms. The van der Waals surface area contributed by atoms with Crippen molar-refractivity contribution < 1.29 is 19.0 Å². The molecule has 0 atom stereocenters. The Morgan fingerprint density at radius 2 is 1.75 bits per heavy atom. The van der Waals surface area contributed by atoms with Crippen molar-refractivity contribution in [2.75, 3.05) is 51.3 Å². The number of hydrogen-bond donors (Lipinski definition) is 1. The summed E-state index contributed by atoms with van der Waals surface area (Å²) in [6, 6.07) is 15.6. The minimum Gasteiger partial charge on any atom is -0.495 e. The molecule has 2 aromatic carbocycles. The number of para-hydroxylation sites is 2. The van der Waals surface area contributed by atoms with Gasteiger partial charge in [0, 0.05) is 32.7 Å². The largest absolute Gasteiger partial charge is 0.495 e. The average molecular weight is 385 g/mol. The third-order valence-electron chi connectivity index (χ3n) is 4.78. The minimum atomic E-state index is -0.772. The summed E-state index contributed by atoms with van der Waals surface area (Å²) in [6.45, 7) is 5.60. The Bertz CT molecular complexity index is 759. The van der Waals surface area contributed by atoms with Crippen LogP contribution in [0.4, 0.5) is 10.5 Å². The molecule has 0 radical (unpaired) electrons. The van der Waals surface area contributed by atoms with Gasteiger partial charge in [0.05, 0.1) is 12.8 Å².